The van der Waals surface area contributed by atoms with Gasteiger partial charge in [0, 0.05) is 22.4 Å². The van der Waals surface area contributed by atoms with Gasteiger partial charge in [-0.05, 0) is 60.7 Å². The smallest absolute Gasteiger partial charge is 0.334 e. The van der Waals surface area contributed by atoms with Crippen LogP contribution >= 0.6 is 11.3 Å². The monoisotopic (exact) mass is 314 g/mol. The first-order valence-electron chi connectivity index (χ1n) is 7.37. The minimum absolute atomic E-state index is 0.253. The lowest BCUT2D eigenvalue weighted by Gasteiger charge is -2.07. The van der Waals surface area contributed by atoms with Gasteiger partial charge in [0.25, 0.3) is 0 Å². The Morgan fingerprint density at radius 1 is 1.36 bits per heavy atom. The van der Waals surface area contributed by atoms with Gasteiger partial charge in [0.1, 0.15) is 5.75 Å². The van der Waals surface area contributed by atoms with E-state index >= 15 is 0 Å². The van der Waals surface area contributed by atoms with E-state index in [1.165, 1.54) is 10.4 Å². The van der Waals surface area contributed by atoms with Crippen molar-refractivity contribution in [2.45, 2.75) is 20.3 Å². The van der Waals surface area contributed by atoms with E-state index in [1.807, 2.05) is 19.1 Å². The van der Waals surface area contributed by atoms with Gasteiger partial charge in [-0.15, -0.1) is 11.3 Å². The van der Waals surface area contributed by atoms with Crippen molar-refractivity contribution in [1.29, 1.82) is 0 Å². The summed E-state index contributed by atoms with van der Waals surface area (Å²) in [5, 5.41) is 2.14. The molecule has 1 aromatic heterocycles. The van der Waals surface area contributed by atoms with Crippen molar-refractivity contribution in [2.75, 3.05) is 13.2 Å². The van der Waals surface area contributed by atoms with Gasteiger partial charge >= 0.3 is 5.97 Å². The molecule has 0 fully saturated rings. The first-order valence-corrected chi connectivity index (χ1v) is 8.25. The highest BCUT2D eigenvalue weighted by Gasteiger charge is 2.17. The summed E-state index contributed by atoms with van der Waals surface area (Å²) < 4.78 is 10.9. The van der Waals surface area contributed by atoms with Crippen LogP contribution in [0.25, 0.3) is 16.5 Å². The molecule has 1 aliphatic rings. The van der Waals surface area contributed by atoms with Crippen molar-refractivity contribution in [3.05, 3.63) is 46.3 Å². The molecular formula is C18H18O3S. The number of hydrogen-bond donors (Lipinski definition) is 0. The topological polar surface area (TPSA) is 35.5 Å². The molecule has 0 atom stereocenters. The Hall–Kier alpha value is -2.07. The summed E-state index contributed by atoms with van der Waals surface area (Å²) in [7, 11) is 0. The Bertz CT molecular complexity index is 728. The Labute approximate surface area is 134 Å². The molecule has 2 aromatic rings. The fraction of sp³-hybridized carbons (Fsp3) is 0.278. The van der Waals surface area contributed by atoms with Crippen molar-refractivity contribution in [3.63, 3.8) is 0 Å². The third-order valence-electron chi connectivity index (χ3n) is 3.52. The van der Waals surface area contributed by atoms with Crippen LogP contribution in [0.2, 0.25) is 0 Å². The molecule has 1 aromatic carbocycles. The second-order valence-electron chi connectivity index (χ2n) is 5.23. The molecule has 114 valence electrons. The molecule has 0 bridgehead atoms. The predicted molar refractivity (Wildman–Crippen MR) is 89.2 cm³/mol. The second-order valence-corrected chi connectivity index (χ2v) is 6.14. The summed E-state index contributed by atoms with van der Waals surface area (Å²) >= 11 is 1.72. The molecule has 0 spiro atoms. The summed E-state index contributed by atoms with van der Waals surface area (Å²) in [4.78, 5) is 13.2. The zero-order chi connectivity index (χ0) is 15.5. The number of fused-ring (bicyclic) bond motifs is 1. The van der Waals surface area contributed by atoms with Gasteiger partial charge in [0.15, 0.2) is 0 Å². The number of rotatable bonds is 3. The van der Waals surface area contributed by atoms with Crippen molar-refractivity contribution < 1.29 is 14.3 Å². The van der Waals surface area contributed by atoms with Crippen LogP contribution in [-0.4, -0.2) is 19.2 Å². The number of thiophene rings is 1. The van der Waals surface area contributed by atoms with Crippen molar-refractivity contribution in [3.8, 4) is 16.2 Å². The van der Waals surface area contributed by atoms with Gasteiger partial charge in [-0.3, -0.25) is 0 Å². The van der Waals surface area contributed by atoms with Crippen molar-refractivity contribution in [2.24, 2.45) is 0 Å². The van der Waals surface area contributed by atoms with E-state index in [0.717, 1.165) is 16.9 Å². The summed E-state index contributed by atoms with van der Waals surface area (Å²) in [5.74, 6) is 0.563. The van der Waals surface area contributed by atoms with Crippen LogP contribution in [0.5, 0.6) is 5.75 Å². The molecule has 0 saturated carbocycles. The first kappa shape index (κ1) is 14.9. The predicted octanol–water partition coefficient (Wildman–Crippen LogP) is 4.45. The third-order valence-corrected chi connectivity index (χ3v) is 4.62. The van der Waals surface area contributed by atoms with Crippen LogP contribution in [0.3, 0.4) is 0 Å². The van der Waals surface area contributed by atoms with Crippen LogP contribution in [0.1, 0.15) is 24.5 Å². The molecule has 3 nitrogen and oxygen atoms in total. The quantitative estimate of drug-likeness (QED) is 0.785. The molecule has 0 unspecified atom stereocenters. The Kier molecular flexibility index (Phi) is 4.29. The van der Waals surface area contributed by atoms with Crippen LogP contribution < -0.4 is 4.74 Å². The summed E-state index contributed by atoms with van der Waals surface area (Å²) in [5.41, 5.74) is 4.00. The second kappa shape index (κ2) is 6.36. The van der Waals surface area contributed by atoms with E-state index in [0.29, 0.717) is 25.2 Å². The first-order chi connectivity index (χ1) is 10.7. The molecule has 1 aliphatic heterocycles. The van der Waals surface area contributed by atoms with Crippen molar-refractivity contribution >= 4 is 23.4 Å². The van der Waals surface area contributed by atoms with Crippen LogP contribution in [-0.2, 0) is 9.53 Å². The minimum atomic E-state index is -0.253. The maximum Gasteiger partial charge on any atom is 0.334 e. The fourth-order valence-corrected chi connectivity index (χ4v) is 3.34. The van der Waals surface area contributed by atoms with Gasteiger partial charge in [0.05, 0.1) is 13.2 Å². The van der Waals surface area contributed by atoms with E-state index in [1.54, 1.807) is 11.3 Å². The number of carbonyl (C=O) groups is 1. The van der Waals surface area contributed by atoms with Gasteiger partial charge < -0.3 is 9.47 Å². The molecule has 0 amide bonds. The van der Waals surface area contributed by atoms with Gasteiger partial charge in [-0.2, -0.15) is 0 Å². The summed E-state index contributed by atoms with van der Waals surface area (Å²) in [6.07, 6.45) is 2.46. The number of carbonyl (C=O) groups excluding carboxylic acids is 1. The lowest BCUT2D eigenvalue weighted by atomic mass is 10.0. The Morgan fingerprint density at radius 2 is 2.23 bits per heavy atom. The van der Waals surface area contributed by atoms with E-state index in [2.05, 4.69) is 30.5 Å². The molecule has 0 N–H and O–H groups in total. The SMILES string of the molecule is CCOC(=O)C1=Cc2cc(-c3cc(C)cs3)ccc2OCC1. The average molecular weight is 314 g/mol. The van der Waals surface area contributed by atoms with E-state index in [4.69, 9.17) is 9.47 Å². The van der Waals surface area contributed by atoms with Crippen molar-refractivity contribution in [1.82, 2.24) is 0 Å². The standard InChI is InChI=1S/C18H18O3S/c1-3-20-18(19)14-6-7-21-16-5-4-13(9-15(16)10-14)17-8-12(2)11-22-17/h4-5,8-11H,3,6-7H2,1-2H3. The number of ether oxygens (including phenoxy) is 2. The van der Waals surface area contributed by atoms with Gasteiger partial charge in [-0.1, -0.05) is 0 Å². The molecule has 0 saturated heterocycles. The molecule has 4 heteroatoms. The normalized spacial score (nSPS) is 13.6. The summed E-state index contributed by atoms with van der Waals surface area (Å²) in [6.45, 7) is 4.79. The molecule has 22 heavy (non-hydrogen) atoms. The summed E-state index contributed by atoms with van der Waals surface area (Å²) in [6, 6.07) is 8.28. The maximum atomic E-state index is 12.0. The highest BCUT2D eigenvalue weighted by atomic mass is 32.1. The Balaban J connectivity index is 1.99. The number of esters is 1. The molecular weight excluding hydrogens is 296 g/mol. The molecule has 2 heterocycles. The lowest BCUT2D eigenvalue weighted by molar-refractivity contribution is -0.138. The van der Waals surface area contributed by atoms with Crippen LogP contribution in [0.15, 0.2) is 35.2 Å². The number of hydrogen-bond acceptors (Lipinski definition) is 4. The number of benzene rings is 1. The molecule has 3 rings (SSSR count). The lowest BCUT2D eigenvalue weighted by Crippen LogP contribution is -2.09. The third kappa shape index (κ3) is 3.07. The number of aryl methyl sites for hydroxylation is 1. The van der Waals surface area contributed by atoms with Crippen LogP contribution in [0.4, 0.5) is 0 Å². The minimum Gasteiger partial charge on any atom is -0.493 e. The molecule has 0 radical (unpaired) electrons. The highest BCUT2D eigenvalue weighted by molar-refractivity contribution is 7.13. The highest BCUT2D eigenvalue weighted by Crippen LogP contribution is 2.33. The zero-order valence-electron chi connectivity index (χ0n) is 12.7. The maximum absolute atomic E-state index is 12.0. The zero-order valence-corrected chi connectivity index (χ0v) is 13.5. The largest absolute Gasteiger partial charge is 0.493 e. The average Bonchev–Trinajstić information content (AvgIpc) is 2.83. The van der Waals surface area contributed by atoms with E-state index < -0.39 is 0 Å². The van der Waals surface area contributed by atoms with Gasteiger partial charge in [0.2, 0.25) is 0 Å². The fourth-order valence-electron chi connectivity index (χ4n) is 2.44. The van der Waals surface area contributed by atoms with E-state index in [9.17, 15) is 4.79 Å². The van der Waals surface area contributed by atoms with Crippen LogP contribution in [0, 0.1) is 6.92 Å². The van der Waals surface area contributed by atoms with Gasteiger partial charge in [-0.25, -0.2) is 4.79 Å². The molecule has 0 aliphatic carbocycles. The van der Waals surface area contributed by atoms with E-state index in [-0.39, 0.29) is 5.97 Å². The Morgan fingerprint density at radius 3 is 2.95 bits per heavy atom.